The fraction of sp³-hybridized carbons (Fsp3) is 0.250. The first-order valence-corrected chi connectivity index (χ1v) is 6.28. The molecule has 0 heterocycles. The maximum absolute atomic E-state index is 6.00. The van der Waals surface area contributed by atoms with Gasteiger partial charge in [0.15, 0.2) is 0 Å². The van der Waals surface area contributed by atoms with Gasteiger partial charge in [-0.3, -0.25) is 0 Å². The van der Waals surface area contributed by atoms with Gasteiger partial charge in [0.25, 0.3) is 0 Å². The third-order valence-corrected chi connectivity index (χ3v) is 3.31. The molecular formula is C16H20N2. The number of anilines is 1. The Balaban J connectivity index is 2.20. The minimum atomic E-state index is 0.301. The first kappa shape index (κ1) is 12.7. The van der Waals surface area contributed by atoms with Crippen molar-refractivity contribution in [3.63, 3.8) is 0 Å². The van der Waals surface area contributed by atoms with Crippen molar-refractivity contribution in [1.82, 2.24) is 5.32 Å². The van der Waals surface area contributed by atoms with Crippen LogP contribution in [0.4, 0.5) is 5.69 Å². The minimum Gasteiger partial charge on any atom is -0.399 e. The Labute approximate surface area is 109 Å². The van der Waals surface area contributed by atoms with Crippen LogP contribution in [0.3, 0.4) is 0 Å². The Morgan fingerprint density at radius 3 is 2.33 bits per heavy atom. The van der Waals surface area contributed by atoms with Crippen molar-refractivity contribution in [3.05, 3.63) is 65.2 Å². The average molecular weight is 240 g/mol. The maximum atomic E-state index is 6.00. The van der Waals surface area contributed by atoms with Crippen molar-refractivity contribution in [2.24, 2.45) is 0 Å². The van der Waals surface area contributed by atoms with E-state index in [9.17, 15) is 0 Å². The minimum absolute atomic E-state index is 0.301. The second-order valence-electron chi connectivity index (χ2n) is 4.65. The summed E-state index contributed by atoms with van der Waals surface area (Å²) in [5.74, 6) is 0. The number of benzene rings is 2. The molecule has 0 aliphatic carbocycles. The largest absolute Gasteiger partial charge is 0.399 e. The van der Waals surface area contributed by atoms with E-state index in [1.54, 1.807) is 0 Å². The van der Waals surface area contributed by atoms with Gasteiger partial charge in [0.05, 0.1) is 0 Å². The van der Waals surface area contributed by atoms with Crippen molar-refractivity contribution in [2.45, 2.75) is 19.4 Å². The Kier molecular flexibility index (Phi) is 4.00. The highest BCUT2D eigenvalue weighted by atomic mass is 14.9. The highest BCUT2D eigenvalue weighted by molar-refractivity contribution is 5.47. The van der Waals surface area contributed by atoms with Crippen LogP contribution in [-0.4, -0.2) is 7.05 Å². The van der Waals surface area contributed by atoms with Crippen LogP contribution < -0.4 is 11.1 Å². The van der Waals surface area contributed by atoms with Crippen molar-refractivity contribution in [1.29, 1.82) is 0 Å². The van der Waals surface area contributed by atoms with Crippen molar-refractivity contribution in [2.75, 3.05) is 12.8 Å². The van der Waals surface area contributed by atoms with Gasteiger partial charge in [-0.2, -0.15) is 0 Å². The summed E-state index contributed by atoms with van der Waals surface area (Å²) >= 11 is 0. The lowest BCUT2D eigenvalue weighted by atomic mass is 9.97. The van der Waals surface area contributed by atoms with Gasteiger partial charge in [-0.1, -0.05) is 48.0 Å². The quantitative estimate of drug-likeness (QED) is 0.806. The molecule has 2 aromatic rings. The molecule has 18 heavy (non-hydrogen) atoms. The van der Waals surface area contributed by atoms with Gasteiger partial charge >= 0.3 is 0 Å². The average Bonchev–Trinajstić information content (AvgIpc) is 2.39. The SMILES string of the molecule is CN[C@H](Cc1ccccc1N)c1ccc(C)cc1. The molecule has 2 nitrogen and oxygen atoms in total. The predicted molar refractivity (Wildman–Crippen MR) is 77.5 cm³/mol. The number of nitrogens with two attached hydrogens (primary N) is 1. The molecule has 0 aliphatic rings. The molecule has 0 spiro atoms. The molecule has 0 aromatic heterocycles. The number of hydrogen-bond acceptors (Lipinski definition) is 2. The number of hydrogen-bond donors (Lipinski definition) is 2. The van der Waals surface area contributed by atoms with Crippen LogP contribution in [0.2, 0.25) is 0 Å². The summed E-state index contributed by atoms with van der Waals surface area (Å²) in [5, 5.41) is 3.36. The number of aryl methyl sites for hydroxylation is 1. The molecule has 0 bridgehead atoms. The van der Waals surface area contributed by atoms with Gasteiger partial charge in [0.1, 0.15) is 0 Å². The third kappa shape index (κ3) is 2.90. The van der Waals surface area contributed by atoms with Crippen molar-refractivity contribution < 1.29 is 0 Å². The topological polar surface area (TPSA) is 38.0 Å². The second-order valence-corrected chi connectivity index (χ2v) is 4.65. The number of likely N-dealkylation sites (N-methyl/N-ethyl adjacent to an activating group) is 1. The molecule has 0 unspecified atom stereocenters. The van der Waals surface area contributed by atoms with E-state index in [0.717, 1.165) is 12.1 Å². The van der Waals surface area contributed by atoms with E-state index >= 15 is 0 Å². The number of rotatable bonds is 4. The highest BCUT2D eigenvalue weighted by Gasteiger charge is 2.11. The zero-order valence-corrected chi connectivity index (χ0v) is 11.0. The predicted octanol–water partition coefficient (Wildman–Crippen LogP) is 3.08. The molecule has 0 fully saturated rings. The van der Waals surface area contributed by atoms with Crippen LogP contribution in [0.25, 0.3) is 0 Å². The third-order valence-electron chi connectivity index (χ3n) is 3.31. The summed E-state index contributed by atoms with van der Waals surface area (Å²) in [5.41, 5.74) is 10.6. The molecule has 2 aromatic carbocycles. The summed E-state index contributed by atoms with van der Waals surface area (Å²) in [6.07, 6.45) is 0.909. The molecule has 0 aliphatic heterocycles. The lowest BCUT2D eigenvalue weighted by molar-refractivity contribution is 0.593. The molecule has 94 valence electrons. The first-order chi connectivity index (χ1) is 8.70. The van der Waals surface area contributed by atoms with Gasteiger partial charge in [0.2, 0.25) is 0 Å². The molecule has 2 heteroatoms. The van der Waals surface area contributed by atoms with Crippen LogP contribution in [-0.2, 0) is 6.42 Å². The molecular weight excluding hydrogens is 220 g/mol. The van der Waals surface area contributed by atoms with Gasteiger partial charge in [0, 0.05) is 11.7 Å². The number of nitrogens with one attached hydrogen (secondary N) is 1. The monoisotopic (exact) mass is 240 g/mol. The Bertz CT molecular complexity index is 503. The van der Waals surface area contributed by atoms with Crippen molar-refractivity contribution >= 4 is 5.69 Å². The van der Waals surface area contributed by atoms with Gasteiger partial charge in [-0.05, 0) is 37.6 Å². The first-order valence-electron chi connectivity index (χ1n) is 6.28. The normalized spacial score (nSPS) is 12.3. The summed E-state index contributed by atoms with van der Waals surface area (Å²) in [7, 11) is 1.99. The van der Waals surface area contributed by atoms with E-state index in [0.29, 0.717) is 6.04 Å². The smallest absolute Gasteiger partial charge is 0.0359 e. The Hall–Kier alpha value is -1.80. The summed E-state index contributed by atoms with van der Waals surface area (Å²) in [4.78, 5) is 0. The fourth-order valence-electron chi connectivity index (χ4n) is 2.13. The summed E-state index contributed by atoms with van der Waals surface area (Å²) in [6, 6.07) is 17.0. The van der Waals surface area contributed by atoms with E-state index in [4.69, 9.17) is 5.73 Å². The Morgan fingerprint density at radius 2 is 1.72 bits per heavy atom. The molecule has 0 radical (unpaired) electrons. The van der Waals surface area contributed by atoms with Crippen LogP contribution in [0.1, 0.15) is 22.7 Å². The van der Waals surface area contributed by atoms with Crippen LogP contribution in [0, 0.1) is 6.92 Å². The number of para-hydroxylation sites is 1. The molecule has 3 N–H and O–H groups in total. The van der Waals surface area contributed by atoms with Gasteiger partial charge in [-0.25, -0.2) is 0 Å². The van der Waals surface area contributed by atoms with E-state index in [1.165, 1.54) is 16.7 Å². The lowest BCUT2D eigenvalue weighted by Crippen LogP contribution is -2.19. The number of nitrogen functional groups attached to an aromatic ring is 1. The molecule has 0 saturated heterocycles. The molecule has 0 saturated carbocycles. The molecule has 2 rings (SSSR count). The molecule has 0 amide bonds. The Morgan fingerprint density at radius 1 is 1.06 bits per heavy atom. The fourth-order valence-corrected chi connectivity index (χ4v) is 2.13. The van der Waals surface area contributed by atoms with Crippen LogP contribution in [0.5, 0.6) is 0 Å². The lowest BCUT2D eigenvalue weighted by Gasteiger charge is -2.18. The summed E-state index contributed by atoms with van der Waals surface area (Å²) in [6.45, 7) is 2.10. The van der Waals surface area contributed by atoms with Crippen LogP contribution >= 0.6 is 0 Å². The summed E-state index contributed by atoms with van der Waals surface area (Å²) < 4.78 is 0. The van der Waals surface area contributed by atoms with E-state index < -0.39 is 0 Å². The maximum Gasteiger partial charge on any atom is 0.0359 e. The van der Waals surface area contributed by atoms with E-state index in [2.05, 4.69) is 42.6 Å². The van der Waals surface area contributed by atoms with Gasteiger partial charge < -0.3 is 11.1 Å². The van der Waals surface area contributed by atoms with Crippen LogP contribution in [0.15, 0.2) is 48.5 Å². The zero-order chi connectivity index (χ0) is 13.0. The second kappa shape index (κ2) is 5.69. The standard InChI is InChI=1S/C16H20N2/c1-12-7-9-13(10-8-12)16(18-2)11-14-5-3-4-6-15(14)17/h3-10,16,18H,11,17H2,1-2H3/t16-/m1/s1. The molecule has 1 atom stereocenters. The highest BCUT2D eigenvalue weighted by Crippen LogP contribution is 2.21. The van der Waals surface area contributed by atoms with Gasteiger partial charge in [-0.15, -0.1) is 0 Å². The van der Waals surface area contributed by atoms with E-state index in [1.807, 2.05) is 25.2 Å². The van der Waals surface area contributed by atoms with E-state index in [-0.39, 0.29) is 0 Å². The van der Waals surface area contributed by atoms with Crippen molar-refractivity contribution in [3.8, 4) is 0 Å². The zero-order valence-electron chi connectivity index (χ0n) is 11.0.